The number of para-hydroxylation sites is 1. The van der Waals surface area contributed by atoms with Crippen LogP contribution in [0.5, 0.6) is 5.75 Å². The lowest BCUT2D eigenvalue weighted by atomic mass is 9.70. The smallest absolute Gasteiger partial charge is 0.340 e. The SMILES string of the molecule is COC(=O)C1=C(N)OC2=C(C(=O)CC(C)(C)C2)C1c1ccccc1OCC(=O)Nc1cccc(Cl)c1Cl. The quantitative estimate of drug-likeness (QED) is 0.485. The van der Waals surface area contributed by atoms with E-state index < -0.39 is 17.8 Å². The van der Waals surface area contributed by atoms with Gasteiger partial charge in [-0.1, -0.05) is 61.3 Å². The van der Waals surface area contributed by atoms with Crippen molar-refractivity contribution in [3.63, 3.8) is 0 Å². The predicted octanol–water partition coefficient (Wildman–Crippen LogP) is 5.11. The fourth-order valence-electron chi connectivity index (χ4n) is 4.58. The number of rotatable bonds is 6. The van der Waals surface area contributed by atoms with Crippen LogP contribution in [0, 0.1) is 5.41 Å². The van der Waals surface area contributed by atoms with Crippen molar-refractivity contribution in [1.82, 2.24) is 0 Å². The second kappa shape index (κ2) is 10.5. The van der Waals surface area contributed by atoms with Gasteiger partial charge in [0.05, 0.1) is 28.8 Å². The van der Waals surface area contributed by atoms with Gasteiger partial charge in [0.15, 0.2) is 12.4 Å². The second-order valence-corrected chi connectivity index (χ2v) is 10.3. The topological polar surface area (TPSA) is 117 Å². The van der Waals surface area contributed by atoms with Crippen LogP contribution in [-0.4, -0.2) is 31.4 Å². The maximum absolute atomic E-state index is 13.3. The minimum Gasteiger partial charge on any atom is -0.483 e. The van der Waals surface area contributed by atoms with Crippen LogP contribution in [0.4, 0.5) is 5.69 Å². The first-order valence-corrected chi connectivity index (χ1v) is 12.3. The molecule has 2 aromatic rings. The Hall–Kier alpha value is -3.49. The lowest BCUT2D eigenvalue weighted by Gasteiger charge is -2.38. The molecule has 0 saturated heterocycles. The number of ether oxygens (including phenoxy) is 3. The van der Waals surface area contributed by atoms with Crippen LogP contribution in [-0.2, 0) is 23.9 Å². The summed E-state index contributed by atoms with van der Waals surface area (Å²) in [5, 5.41) is 3.17. The Morgan fingerprint density at radius 1 is 1.14 bits per heavy atom. The number of halogens is 2. The zero-order valence-electron chi connectivity index (χ0n) is 20.5. The van der Waals surface area contributed by atoms with Crippen LogP contribution >= 0.6 is 23.2 Å². The fourth-order valence-corrected chi connectivity index (χ4v) is 4.93. The van der Waals surface area contributed by atoms with Gasteiger partial charge in [0.2, 0.25) is 5.88 Å². The first-order chi connectivity index (χ1) is 17.5. The zero-order chi connectivity index (χ0) is 26.9. The number of hydrogen-bond donors (Lipinski definition) is 2. The third kappa shape index (κ3) is 5.45. The van der Waals surface area contributed by atoms with E-state index in [9.17, 15) is 14.4 Å². The first kappa shape index (κ1) is 26.6. The number of allylic oxidation sites excluding steroid dienone is 2. The van der Waals surface area contributed by atoms with Crippen LogP contribution in [0.3, 0.4) is 0 Å². The number of nitrogens with two attached hydrogens (primary N) is 1. The Morgan fingerprint density at radius 2 is 1.86 bits per heavy atom. The van der Waals surface area contributed by atoms with Crippen molar-refractivity contribution in [2.45, 2.75) is 32.6 Å². The van der Waals surface area contributed by atoms with Gasteiger partial charge in [0.1, 0.15) is 17.1 Å². The molecule has 2 aromatic carbocycles. The monoisotopic (exact) mass is 544 g/mol. The molecule has 0 saturated carbocycles. The van der Waals surface area contributed by atoms with E-state index in [1.165, 1.54) is 7.11 Å². The van der Waals surface area contributed by atoms with Gasteiger partial charge in [-0.05, 0) is 23.6 Å². The van der Waals surface area contributed by atoms with Crippen molar-refractivity contribution < 1.29 is 28.6 Å². The lowest BCUT2D eigenvalue weighted by molar-refractivity contribution is -0.136. The molecule has 1 aliphatic heterocycles. The Kier molecular flexibility index (Phi) is 7.52. The van der Waals surface area contributed by atoms with E-state index in [-0.39, 0.29) is 40.7 Å². The molecule has 1 unspecified atom stereocenters. The Labute approximate surface area is 224 Å². The van der Waals surface area contributed by atoms with Gasteiger partial charge in [-0.25, -0.2) is 4.79 Å². The van der Waals surface area contributed by atoms with Crippen molar-refractivity contribution in [3.8, 4) is 5.75 Å². The van der Waals surface area contributed by atoms with Crippen molar-refractivity contribution in [3.05, 3.63) is 80.9 Å². The fraction of sp³-hybridized carbons (Fsp3) is 0.296. The summed E-state index contributed by atoms with van der Waals surface area (Å²) in [6, 6.07) is 11.7. The lowest BCUT2D eigenvalue weighted by Crippen LogP contribution is -2.35. The minimum atomic E-state index is -0.888. The number of ketones is 1. The molecule has 10 heteroatoms. The largest absolute Gasteiger partial charge is 0.483 e. The number of nitrogens with one attached hydrogen (secondary N) is 1. The maximum Gasteiger partial charge on any atom is 0.340 e. The van der Waals surface area contributed by atoms with Crippen LogP contribution in [0.2, 0.25) is 10.0 Å². The van der Waals surface area contributed by atoms with Gasteiger partial charge < -0.3 is 25.3 Å². The molecule has 1 atom stereocenters. The molecule has 8 nitrogen and oxygen atoms in total. The highest BCUT2D eigenvalue weighted by molar-refractivity contribution is 6.44. The number of hydrogen-bond acceptors (Lipinski definition) is 7. The molecule has 194 valence electrons. The molecule has 1 amide bonds. The predicted molar refractivity (Wildman–Crippen MR) is 139 cm³/mol. The third-order valence-electron chi connectivity index (χ3n) is 6.17. The highest BCUT2D eigenvalue weighted by Gasteiger charge is 2.45. The van der Waals surface area contributed by atoms with Gasteiger partial charge in [-0.15, -0.1) is 0 Å². The van der Waals surface area contributed by atoms with Crippen LogP contribution < -0.4 is 15.8 Å². The molecule has 0 spiro atoms. The molecule has 1 aliphatic carbocycles. The average Bonchev–Trinajstić information content (AvgIpc) is 2.83. The van der Waals surface area contributed by atoms with Gasteiger partial charge in [0, 0.05) is 24.0 Å². The van der Waals surface area contributed by atoms with E-state index in [2.05, 4.69) is 5.32 Å². The summed E-state index contributed by atoms with van der Waals surface area (Å²) in [7, 11) is 1.23. The van der Waals surface area contributed by atoms with Gasteiger partial charge in [-0.3, -0.25) is 9.59 Å². The van der Waals surface area contributed by atoms with Crippen LogP contribution in [0.1, 0.15) is 38.2 Å². The van der Waals surface area contributed by atoms with E-state index in [0.717, 1.165) is 0 Å². The molecular formula is C27H26Cl2N2O6. The Balaban J connectivity index is 1.68. The van der Waals surface area contributed by atoms with Gasteiger partial charge in [-0.2, -0.15) is 0 Å². The second-order valence-electron chi connectivity index (χ2n) is 9.56. The van der Waals surface area contributed by atoms with Crippen LogP contribution in [0.25, 0.3) is 0 Å². The zero-order valence-corrected chi connectivity index (χ0v) is 22.0. The van der Waals surface area contributed by atoms with Crippen molar-refractivity contribution >= 4 is 46.5 Å². The summed E-state index contributed by atoms with van der Waals surface area (Å²) >= 11 is 12.2. The van der Waals surface area contributed by atoms with E-state index in [1.54, 1.807) is 42.5 Å². The van der Waals surface area contributed by atoms with E-state index >= 15 is 0 Å². The molecule has 37 heavy (non-hydrogen) atoms. The standard InChI is InChI=1S/C27H26Cl2N2O6/c1-27(2)11-17(32)22-19(12-27)37-25(30)23(26(34)35-3)21(22)14-7-4-5-10-18(14)36-13-20(33)31-16-9-6-8-15(28)24(16)29/h4-10,21H,11-13,30H2,1-3H3,(H,31,33). The number of amides is 1. The number of carbonyl (C=O) groups is 3. The summed E-state index contributed by atoms with van der Waals surface area (Å²) in [6.45, 7) is 3.55. The molecule has 3 N–H and O–H groups in total. The number of Topliss-reactive ketones (excluding diaryl/α,β-unsaturated/α-hetero) is 1. The Morgan fingerprint density at radius 3 is 2.59 bits per heavy atom. The highest BCUT2D eigenvalue weighted by Crippen LogP contribution is 2.49. The van der Waals surface area contributed by atoms with Crippen LogP contribution in [0.15, 0.2) is 65.3 Å². The summed E-state index contributed by atoms with van der Waals surface area (Å²) in [5.74, 6) is -1.68. The molecule has 0 aromatic heterocycles. The summed E-state index contributed by atoms with van der Waals surface area (Å²) < 4.78 is 16.6. The highest BCUT2D eigenvalue weighted by atomic mass is 35.5. The summed E-state index contributed by atoms with van der Waals surface area (Å²) in [4.78, 5) is 38.8. The average molecular weight is 545 g/mol. The van der Waals surface area contributed by atoms with Crippen molar-refractivity contribution in [1.29, 1.82) is 0 Å². The first-order valence-electron chi connectivity index (χ1n) is 11.5. The number of benzene rings is 2. The van der Waals surface area contributed by atoms with E-state index in [4.69, 9.17) is 43.1 Å². The molecule has 0 fully saturated rings. The number of methoxy groups -OCH3 is 1. The third-order valence-corrected chi connectivity index (χ3v) is 6.99. The van der Waals surface area contributed by atoms with E-state index in [0.29, 0.717) is 39.8 Å². The molecule has 0 radical (unpaired) electrons. The number of carbonyl (C=O) groups excluding carboxylic acids is 3. The van der Waals surface area contributed by atoms with Crippen molar-refractivity contribution in [2.75, 3.05) is 19.0 Å². The number of anilines is 1. The van der Waals surface area contributed by atoms with E-state index in [1.807, 2.05) is 13.8 Å². The molecule has 1 heterocycles. The molecule has 4 rings (SSSR count). The minimum absolute atomic E-state index is 0.000479. The van der Waals surface area contributed by atoms with Gasteiger partial charge >= 0.3 is 5.97 Å². The summed E-state index contributed by atoms with van der Waals surface area (Å²) in [6.07, 6.45) is 0.734. The molecular weight excluding hydrogens is 519 g/mol. The Bertz CT molecular complexity index is 1350. The normalized spacial score (nSPS) is 18.6. The number of esters is 1. The maximum atomic E-state index is 13.3. The van der Waals surface area contributed by atoms with Gasteiger partial charge in [0.25, 0.3) is 5.91 Å². The molecule has 0 bridgehead atoms. The molecule has 2 aliphatic rings. The summed E-state index contributed by atoms with van der Waals surface area (Å²) in [5.41, 5.74) is 7.01. The van der Waals surface area contributed by atoms with Crippen molar-refractivity contribution in [2.24, 2.45) is 11.1 Å².